The molecule has 0 rings (SSSR count). The van der Waals surface area contributed by atoms with Gasteiger partial charge in [-0.3, -0.25) is 0 Å². The van der Waals surface area contributed by atoms with E-state index in [9.17, 15) is 0 Å². The molecule has 0 aliphatic carbocycles. The van der Waals surface area contributed by atoms with Gasteiger partial charge in [0, 0.05) is 12.5 Å². The van der Waals surface area contributed by atoms with E-state index in [-0.39, 0.29) is 0 Å². The van der Waals surface area contributed by atoms with E-state index in [1.165, 1.54) is 16.7 Å². The maximum atomic E-state index is 5.75. The molecule has 0 saturated carbocycles. The maximum absolute atomic E-state index is 5.75. The summed E-state index contributed by atoms with van der Waals surface area (Å²) in [7, 11) is 0. The van der Waals surface area contributed by atoms with Crippen molar-refractivity contribution in [2.24, 2.45) is 11.7 Å². The number of rotatable bonds is 12. The topological polar surface area (TPSA) is 26.0 Å². The highest BCUT2D eigenvalue weighted by atomic mass is 14.5. The van der Waals surface area contributed by atoms with Crippen molar-refractivity contribution >= 4 is 0 Å². The highest BCUT2D eigenvalue weighted by molar-refractivity contribution is 5.30. The quantitative estimate of drug-likeness (QED) is 0.229. The molecule has 0 aliphatic rings. The monoisotopic (exact) mass is 351 g/mol. The van der Waals surface area contributed by atoms with Crippen molar-refractivity contribution in [1.29, 1.82) is 0 Å². The van der Waals surface area contributed by atoms with Crippen LogP contribution in [0.1, 0.15) is 59.8 Å². The summed E-state index contributed by atoms with van der Waals surface area (Å²) < 4.78 is 0. The minimum absolute atomic E-state index is 0.291. The molecule has 0 fully saturated rings. The Labute approximate surface area is 161 Å². The zero-order valence-corrected chi connectivity index (χ0v) is 17.2. The number of nitrogens with two attached hydrogens (primary N) is 1. The van der Waals surface area contributed by atoms with Crippen molar-refractivity contribution < 1.29 is 0 Å². The molecule has 142 valence electrons. The molecule has 1 atom stereocenters. The van der Waals surface area contributed by atoms with Crippen molar-refractivity contribution in [2.75, 3.05) is 6.54 Å². The molecule has 1 heteroatoms. The van der Waals surface area contributed by atoms with Crippen LogP contribution in [0.4, 0.5) is 0 Å². The molecule has 0 bridgehead atoms. The Hall–Kier alpha value is -2.04. The van der Waals surface area contributed by atoms with Crippen molar-refractivity contribution in [3.05, 3.63) is 83.4 Å². The lowest BCUT2D eigenvalue weighted by Crippen LogP contribution is -2.07. The molecule has 26 heavy (non-hydrogen) atoms. The van der Waals surface area contributed by atoms with E-state index >= 15 is 0 Å². The van der Waals surface area contributed by atoms with Crippen LogP contribution in [0.15, 0.2) is 83.4 Å². The van der Waals surface area contributed by atoms with E-state index in [4.69, 9.17) is 5.73 Å². The molecule has 0 radical (unpaired) electrons. The molecule has 0 aromatic rings. The Bertz CT molecular complexity index is 613. The van der Waals surface area contributed by atoms with Gasteiger partial charge in [0.2, 0.25) is 0 Å². The Kier molecular flexibility index (Phi) is 15.1. The van der Waals surface area contributed by atoms with Crippen molar-refractivity contribution in [3.8, 4) is 0 Å². The van der Waals surface area contributed by atoms with Crippen LogP contribution in [0.3, 0.4) is 0 Å². The molecule has 0 aromatic heterocycles. The van der Waals surface area contributed by atoms with Gasteiger partial charge in [0.05, 0.1) is 0 Å². The van der Waals surface area contributed by atoms with Crippen LogP contribution >= 0.6 is 0 Å². The fraction of sp³-hybridized carbons (Fsp3) is 0.440. The van der Waals surface area contributed by atoms with Crippen LogP contribution < -0.4 is 5.73 Å². The highest BCUT2D eigenvalue weighted by Gasteiger charge is 2.13. The summed E-state index contributed by atoms with van der Waals surface area (Å²) in [5.41, 5.74) is 16.1. The molecule has 0 spiro atoms. The zero-order chi connectivity index (χ0) is 19.6. The molecule has 1 unspecified atom stereocenters. The van der Waals surface area contributed by atoms with Crippen molar-refractivity contribution in [3.63, 3.8) is 0 Å². The van der Waals surface area contributed by atoms with Gasteiger partial charge in [0.1, 0.15) is 0 Å². The smallest absolute Gasteiger partial charge is 0.0113 e. The number of allylic oxidation sites excluding steroid dienone is 8. The predicted molar refractivity (Wildman–Crippen MR) is 118 cm³/mol. The van der Waals surface area contributed by atoms with Crippen LogP contribution in [0.5, 0.6) is 0 Å². The van der Waals surface area contributed by atoms with Crippen molar-refractivity contribution in [1.82, 2.24) is 0 Å². The first kappa shape index (κ1) is 24.0. The van der Waals surface area contributed by atoms with E-state index in [0.717, 1.165) is 32.1 Å². The van der Waals surface area contributed by atoms with E-state index in [2.05, 4.69) is 62.3 Å². The summed E-state index contributed by atoms with van der Waals surface area (Å²) in [6, 6.07) is 0. The van der Waals surface area contributed by atoms with Gasteiger partial charge in [0.15, 0.2) is 0 Å². The summed E-state index contributed by atoms with van der Waals surface area (Å²) in [6.07, 6.45) is 21.8. The second-order valence-electron chi connectivity index (χ2n) is 6.19. The van der Waals surface area contributed by atoms with Gasteiger partial charge >= 0.3 is 0 Å². The maximum Gasteiger partial charge on any atom is 0.0113 e. The first-order chi connectivity index (χ1) is 12.6. The lowest BCUT2D eigenvalue weighted by molar-refractivity contribution is 0.712. The molecule has 2 N–H and O–H groups in total. The minimum Gasteiger partial charge on any atom is -0.327 e. The average molecular weight is 352 g/mol. The highest BCUT2D eigenvalue weighted by Crippen LogP contribution is 2.26. The first-order valence-electron chi connectivity index (χ1n) is 9.80. The van der Waals surface area contributed by atoms with Crippen LogP contribution in [0.25, 0.3) is 0 Å². The minimum atomic E-state index is 0.291. The summed E-state index contributed by atoms with van der Waals surface area (Å²) in [5, 5.41) is 0. The van der Waals surface area contributed by atoms with Gasteiger partial charge in [0.25, 0.3) is 0 Å². The Morgan fingerprint density at radius 3 is 2.42 bits per heavy atom. The van der Waals surface area contributed by atoms with Gasteiger partial charge in [-0.1, -0.05) is 62.8 Å². The van der Waals surface area contributed by atoms with Gasteiger partial charge in [-0.2, -0.15) is 0 Å². The summed E-state index contributed by atoms with van der Waals surface area (Å²) in [4.78, 5) is 0. The van der Waals surface area contributed by atoms with E-state index in [0.29, 0.717) is 12.5 Å². The van der Waals surface area contributed by atoms with Gasteiger partial charge in [-0.15, -0.1) is 11.5 Å². The third-order valence-corrected chi connectivity index (χ3v) is 4.14. The first-order valence-corrected chi connectivity index (χ1v) is 9.80. The van der Waals surface area contributed by atoms with Crippen LogP contribution in [0.2, 0.25) is 0 Å². The standard InChI is InChI=1S/C25H37N/c1-6-10-18-24(20-21-26)25(22(5)9-4)19-14-12-11-13-17-23(15-7-2)16-8-3/h6-7,11-14,18,20,25H,5,8-9,16-17,19,21,26H2,1-4H3. The molecular formula is C25H37N. The zero-order valence-electron chi connectivity index (χ0n) is 17.2. The molecule has 0 aliphatic heterocycles. The van der Waals surface area contributed by atoms with Gasteiger partial charge < -0.3 is 5.73 Å². The number of hydrogen-bond acceptors (Lipinski definition) is 1. The number of hydrogen-bond donors (Lipinski definition) is 1. The van der Waals surface area contributed by atoms with E-state index < -0.39 is 0 Å². The Morgan fingerprint density at radius 2 is 1.85 bits per heavy atom. The largest absolute Gasteiger partial charge is 0.327 e. The molecule has 0 aromatic carbocycles. The predicted octanol–water partition coefficient (Wildman–Crippen LogP) is 6.98. The third-order valence-electron chi connectivity index (χ3n) is 4.14. The summed E-state index contributed by atoms with van der Waals surface area (Å²) in [6.45, 7) is 13.1. The Balaban J connectivity index is 5.00. The van der Waals surface area contributed by atoms with Crippen LogP contribution in [0, 0.1) is 5.92 Å². The molecule has 1 nitrogen and oxygen atoms in total. The van der Waals surface area contributed by atoms with Gasteiger partial charge in [-0.05, 0) is 68.9 Å². The lowest BCUT2D eigenvalue weighted by Gasteiger charge is -2.18. The fourth-order valence-electron chi connectivity index (χ4n) is 2.72. The van der Waals surface area contributed by atoms with E-state index in [1.807, 2.05) is 32.1 Å². The van der Waals surface area contributed by atoms with E-state index in [1.54, 1.807) is 0 Å². The van der Waals surface area contributed by atoms with Gasteiger partial charge in [-0.25, -0.2) is 0 Å². The lowest BCUT2D eigenvalue weighted by atomic mass is 9.86. The molecule has 0 heterocycles. The van der Waals surface area contributed by atoms with Crippen LogP contribution in [-0.2, 0) is 0 Å². The average Bonchev–Trinajstić information content (AvgIpc) is 2.64. The SMILES string of the molecule is C=C(CC)C(CC=CC=CCC(=C=CC)CCC)C(C=C=CC)=CCN. The third kappa shape index (κ3) is 10.7. The second kappa shape index (κ2) is 16.4. The van der Waals surface area contributed by atoms with Crippen LogP contribution in [-0.4, -0.2) is 6.54 Å². The second-order valence-corrected chi connectivity index (χ2v) is 6.19. The summed E-state index contributed by atoms with van der Waals surface area (Å²) in [5.74, 6) is 0.291. The fourth-order valence-corrected chi connectivity index (χ4v) is 2.72. The Morgan fingerprint density at radius 1 is 1.12 bits per heavy atom. The molecular weight excluding hydrogens is 314 g/mol. The molecule has 0 saturated heterocycles. The normalized spacial score (nSPS) is 12.6. The summed E-state index contributed by atoms with van der Waals surface area (Å²) >= 11 is 0. The molecule has 0 amide bonds. The van der Waals surface area contributed by atoms with Crippen molar-refractivity contribution in [2.45, 2.75) is 59.8 Å².